The number of rotatable bonds is 5. The molecule has 2 aromatic rings. The van der Waals surface area contributed by atoms with Crippen molar-refractivity contribution in [2.24, 2.45) is 0 Å². The van der Waals surface area contributed by atoms with Gasteiger partial charge < -0.3 is 5.11 Å². The molecule has 0 radical (unpaired) electrons. The standard InChI is InChI=1S/C20H20O5S2/c1-14(21)12-17-13-19(20(17)16-6-4-3-5-7-16)15-8-10-18(11-9-15)27(24,25)26(2,22)23/h3-12,14,21H,13H2,1-2H3. The van der Waals surface area contributed by atoms with Gasteiger partial charge in [0.25, 0.3) is 17.7 Å². The van der Waals surface area contributed by atoms with Gasteiger partial charge in [0, 0.05) is 0 Å². The highest BCUT2D eigenvalue weighted by Gasteiger charge is 2.29. The van der Waals surface area contributed by atoms with Gasteiger partial charge in [0.1, 0.15) is 0 Å². The van der Waals surface area contributed by atoms with E-state index in [2.05, 4.69) is 0 Å². The Morgan fingerprint density at radius 2 is 1.52 bits per heavy atom. The van der Waals surface area contributed by atoms with E-state index in [1.54, 1.807) is 25.1 Å². The molecule has 0 spiro atoms. The topological polar surface area (TPSA) is 88.5 Å². The first-order valence-corrected chi connectivity index (χ1v) is 12.2. The molecule has 0 aliphatic heterocycles. The van der Waals surface area contributed by atoms with Crippen LogP contribution in [0.25, 0.3) is 11.1 Å². The second-order valence-corrected chi connectivity index (χ2v) is 12.4. The highest BCUT2D eigenvalue weighted by atomic mass is 33.2. The van der Waals surface area contributed by atoms with Crippen LogP contribution in [-0.2, 0) is 17.7 Å². The Morgan fingerprint density at radius 3 is 2.04 bits per heavy atom. The number of aliphatic hydroxyl groups is 1. The van der Waals surface area contributed by atoms with Gasteiger partial charge >= 0.3 is 0 Å². The van der Waals surface area contributed by atoms with Crippen molar-refractivity contribution in [1.29, 1.82) is 0 Å². The Balaban J connectivity index is 2.07. The Hall–Kier alpha value is -2.22. The van der Waals surface area contributed by atoms with Crippen molar-refractivity contribution in [2.75, 3.05) is 6.26 Å². The summed E-state index contributed by atoms with van der Waals surface area (Å²) in [6.45, 7) is 1.69. The number of aliphatic hydroxyl groups excluding tert-OH is 1. The average Bonchev–Trinajstić information content (AvgIpc) is 2.58. The number of hydrogen-bond donors (Lipinski definition) is 1. The molecule has 142 valence electrons. The highest BCUT2D eigenvalue weighted by molar-refractivity contribution is 8.66. The van der Waals surface area contributed by atoms with Gasteiger partial charge in [-0.15, -0.1) is 0 Å². The number of allylic oxidation sites excluding steroid dienone is 3. The van der Waals surface area contributed by atoms with Crippen LogP contribution in [0.4, 0.5) is 0 Å². The van der Waals surface area contributed by atoms with Crippen LogP contribution in [0, 0.1) is 0 Å². The van der Waals surface area contributed by atoms with Crippen LogP contribution in [0.3, 0.4) is 0 Å². The Bertz CT molecular complexity index is 1120. The first-order chi connectivity index (χ1) is 12.6. The number of benzene rings is 2. The first-order valence-electron chi connectivity index (χ1n) is 8.34. The normalized spacial score (nSPS) is 17.7. The summed E-state index contributed by atoms with van der Waals surface area (Å²) in [4.78, 5) is -0.241. The molecule has 0 aromatic heterocycles. The third-order valence-corrected chi connectivity index (χ3v) is 9.00. The zero-order chi connectivity index (χ0) is 19.8. The van der Waals surface area contributed by atoms with E-state index in [9.17, 15) is 21.9 Å². The summed E-state index contributed by atoms with van der Waals surface area (Å²) < 4.78 is 47.1. The minimum Gasteiger partial charge on any atom is -0.389 e. The lowest BCUT2D eigenvalue weighted by Crippen LogP contribution is -2.14. The van der Waals surface area contributed by atoms with Crippen molar-refractivity contribution in [2.45, 2.75) is 24.3 Å². The molecule has 5 nitrogen and oxygen atoms in total. The summed E-state index contributed by atoms with van der Waals surface area (Å²) in [5.41, 5.74) is 4.90. The minimum absolute atomic E-state index is 0.241. The van der Waals surface area contributed by atoms with E-state index in [-0.39, 0.29) is 4.90 Å². The molecule has 1 atom stereocenters. The van der Waals surface area contributed by atoms with Crippen molar-refractivity contribution < 1.29 is 21.9 Å². The molecule has 7 heteroatoms. The van der Waals surface area contributed by atoms with E-state index in [0.29, 0.717) is 12.7 Å². The number of hydrogen-bond acceptors (Lipinski definition) is 5. The molecule has 1 unspecified atom stereocenters. The quantitative estimate of drug-likeness (QED) is 0.774. The van der Waals surface area contributed by atoms with Crippen molar-refractivity contribution in [3.8, 4) is 0 Å². The van der Waals surface area contributed by atoms with Gasteiger partial charge in [-0.25, -0.2) is 16.8 Å². The maximum absolute atomic E-state index is 12.0. The summed E-state index contributed by atoms with van der Waals surface area (Å²) in [6, 6.07) is 15.6. The summed E-state index contributed by atoms with van der Waals surface area (Å²) in [5.74, 6) is 0. The average molecular weight is 405 g/mol. The highest BCUT2D eigenvalue weighted by Crippen LogP contribution is 2.47. The van der Waals surface area contributed by atoms with Gasteiger partial charge in [0.15, 0.2) is 0 Å². The smallest absolute Gasteiger partial charge is 0.281 e. The second kappa shape index (κ2) is 7.07. The fourth-order valence-electron chi connectivity index (χ4n) is 3.10. The van der Waals surface area contributed by atoms with E-state index in [0.717, 1.165) is 27.8 Å². The maximum atomic E-state index is 12.0. The third kappa shape index (κ3) is 3.76. The van der Waals surface area contributed by atoms with Crippen LogP contribution in [0.1, 0.15) is 24.5 Å². The lowest BCUT2D eigenvalue weighted by Gasteiger charge is -2.29. The lowest BCUT2D eigenvalue weighted by molar-refractivity contribution is 0.243. The van der Waals surface area contributed by atoms with Gasteiger partial charge in [-0.3, -0.25) is 0 Å². The van der Waals surface area contributed by atoms with Crippen LogP contribution in [0.2, 0.25) is 0 Å². The lowest BCUT2D eigenvalue weighted by atomic mass is 9.75. The van der Waals surface area contributed by atoms with E-state index in [1.165, 1.54) is 12.1 Å². The molecular formula is C20H20O5S2. The summed E-state index contributed by atoms with van der Waals surface area (Å²) in [7, 11) is -8.62. The predicted octanol–water partition coefficient (Wildman–Crippen LogP) is 3.04. The van der Waals surface area contributed by atoms with Gasteiger partial charge in [0.2, 0.25) is 0 Å². The van der Waals surface area contributed by atoms with Gasteiger partial charge in [-0.05, 0) is 53.3 Å². The van der Waals surface area contributed by atoms with Crippen LogP contribution in [0.15, 0.2) is 71.1 Å². The molecule has 2 aromatic carbocycles. The molecule has 1 aliphatic carbocycles. The molecule has 0 amide bonds. The van der Waals surface area contributed by atoms with Crippen LogP contribution in [0.5, 0.6) is 0 Å². The zero-order valence-electron chi connectivity index (χ0n) is 15.0. The molecule has 3 rings (SSSR count). The molecule has 27 heavy (non-hydrogen) atoms. The zero-order valence-corrected chi connectivity index (χ0v) is 16.6. The first kappa shape index (κ1) is 19.5. The molecule has 0 fully saturated rings. The Morgan fingerprint density at radius 1 is 0.926 bits per heavy atom. The molecule has 1 N–H and O–H groups in total. The van der Waals surface area contributed by atoms with Gasteiger partial charge in [-0.1, -0.05) is 48.5 Å². The Labute approximate surface area is 158 Å². The molecule has 0 saturated heterocycles. The molecule has 0 saturated carbocycles. The molecule has 1 aliphatic rings. The third-order valence-electron chi connectivity index (χ3n) is 4.38. The van der Waals surface area contributed by atoms with Crippen molar-refractivity contribution >= 4 is 28.9 Å². The molecule has 0 heterocycles. The van der Waals surface area contributed by atoms with Gasteiger partial charge in [-0.2, -0.15) is 0 Å². The van der Waals surface area contributed by atoms with Crippen molar-refractivity contribution in [1.82, 2.24) is 0 Å². The molecule has 0 bridgehead atoms. The fraction of sp³-hybridized carbons (Fsp3) is 0.200. The van der Waals surface area contributed by atoms with E-state index in [1.807, 2.05) is 30.3 Å². The summed E-state index contributed by atoms with van der Waals surface area (Å²) in [5, 5.41) is 9.69. The van der Waals surface area contributed by atoms with Gasteiger partial charge in [0.05, 0.1) is 17.3 Å². The van der Waals surface area contributed by atoms with Crippen molar-refractivity contribution in [3.63, 3.8) is 0 Å². The van der Waals surface area contributed by atoms with Crippen molar-refractivity contribution in [3.05, 3.63) is 77.4 Å². The minimum atomic E-state index is -4.39. The Kier molecular flexibility index (Phi) is 5.12. The monoisotopic (exact) mass is 404 g/mol. The predicted molar refractivity (Wildman–Crippen MR) is 106 cm³/mol. The largest absolute Gasteiger partial charge is 0.389 e. The second-order valence-electron chi connectivity index (χ2n) is 6.51. The summed E-state index contributed by atoms with van der Waals surface area (Å²) >= 11 is 0. The SMILES string of the molecule is CC(O)C=C1CC(c2ccc(S(=O)(=O)S(C)(=O)=O)cc2)=C1c1ccccc1. The fourth-order valence-corrected chi connectivity index (χ4v) is 5.30. The van der Waals surface area contributed by atoms with E-state index < -0.39 is 23.8 Å². The van der Waals surface area contributed by atoms with Crippen LogP contribution >= 0.6 is 0 Å². The van der Waals surface area contributed by atoms with E-state index in [4.69, 9.17) is 0 Å². The molecular weight excluding hydrogens is 384 g/mol. The maximum Gasteiger partial charge on any atom is 0.281 e. The summed E-state index contributed by atoms with van der Waals surface area (Å²) in [6.07, 6.45) is 2.56. The van der Waals surface area contributed by atoms with Crippen LogP contribution in [-0.4, -0.2) is 34.3 Å². The van der Waals surface area contributed by atoms with E-state index >= 15 is 0 Å². The van der Waals surface area contributed by atoms with Crippen LogP contribution < -0.4 is 0 Å².